The average Bonchev–Trinajstić information content (AvgIpc) is 3.72. The van der Waals surface area contributed by atoms with E-state index in [9.17, 15) is 0 Å². The normalized spacial score (nSPS) is 13.9. The van der Waals surface area contributed by atoms with Crippen LogP contribution in [0.4, 0.5) is 31.5 Å². The quantitative estimate of drug-likeness (QED) is 0.196. The van der Waals surface area contributed by atoms with Gasteiger partial charge in [0.05, 0.1) is 0 Å². The summed E-state index contributed by atoms with van der Waals surface area (Å²) in [5.41, 5.74) is 5.86. The van der Waals surface area contributed by atoms with E-state index in [0.717, 1.165) is 44.3 Å². The number of aromatic nitrogens is 4. The summed E-state index contributed by atoms with van der Waals surface area (Å²) in [6.45, 7) is -1.27. The van der Waals surface area contributed by atoms with Gasteiger partial charge in [0, 0.05) is 0 Å². The first-order chi connectivity index (χ1) is 21.7. The zero-order valence-corrected chi connectivity index (χ0v) is 27.1. The molecule has 0 fully saturated rings. The van der Waals surface area contributed by atoms with Crippen molar-refractivity contribution in [3.8, 4) is 0 Å². The number of hydrogen-bond acceptors (Lipinski definition) is 8. The monoisotopic (exact) mass is 808 g/mol. The summed E-state index contributed by atoms with van der Waals surface area (Å²) in [7, 11) is 0. The molecule has 14 heteroatoms. The Labute approximate surface area is 269 Å². The maximum absolute atomic E-state index is 17.1. The first-order valence-corrected chi connectivity index (χ1v) is 18.1. The third kappa shape index (κ3) is 3.40. The fourth-order valence-electron chi connectivity index (χ4n) is 6.87. The molecule has 44 heavy (non-hydrogen) atoms. The molecule has 0 saturated heterocycles. The zero-order valence-electron chi connectivity index (χ0n) is 22.4. The summed E-state index contributed by atoms with van der Waals surface area (Å²) in [6, 6.07) is 24.0. The summed E-state index contributed by atoms with van der Waals surface area (Å²) in [4.78, 5) is 0. The second-order valence-corrected chi connectivity index (χ2v) is 14.0. The molecule has 0 radical (unpaired) electrons. The van der Waals surface area contributed by atoms with Crippen molar-refractivity contribution in [2.45, 2.75) is 0 Å². The van der Waals surface area contributed by atoms with Gasteiger partial charge in [-0.3, -0.25) is 0 Å². The number of benzene rings is 6. The number of halogens is 2. The van der Waals surface area contributed by atoms with Crippen molar-refractivity contribution in [2.24, 2.45) is 0 Å². The molecule has 0 saturated carbocycles. The van der Waals surface area contributed by atoms with Crippen LogP contribution in [0.3, 0.4) is 0 Å². The summed E-state index contributed by atoms with van der Waals surface area (Å²) in [6.07, 6.45) is 0. The number of fused-ring (bicyclic) bond motifs is 5. The van der Waals surface area contributed by atoms with Crippen LogP contribution in [-0.4, -0.2) is 68.8 Å². The molecule has 4 N–H and O–H groups in total. The van der Waals surface area contributed by atoms with Crippen molar-refractivity contribution in [3.63, 3.8) is 0 Å². The van der Waals surface area contributed by atoms with E-state index in [1.807, 2.05) is 72.8 Å². The summed E-state index contributed by atoms with van der Waals surface area (Å²) >= 11 is -2.45. The first-order valence-electron chi connectivity index (χ1n) is 14.0. The maximum atomic E-state index is 17.1. The molecule has 8 aromatic rings. The molecule has 0 spiro atoms. The van der Waals surface area contributed by atoms with Crippen molar-refractivity contribution < 1.29 is 8.78 Å². The van der Waals surface area contributed by atoms with Gasteiger partial charge in [-0.05, 0) is 0 Å². The Hall–Kier alpha value is -3.93. The Morgan fingerprint density at radius 1 is 0.455 bits per heavy atom. The summed E-state index contributed by atoms with van der Waals surface area (Å²) in [5.74, 6) is -1.09. The molecular formula is C30H16B2F2N8Te2. The first kappa shape index (κ1) is 25.4. The van der Waals surface area contributed by atoms with Crippen LogP contribution in [-0.2, 0) is 0 Å². The SMILES string of the molecule is Fc1c(B2Nc3cccc4cccc(c34)N2)c2n[te]nc2c2c(F)c(B3Nc4cccc5cccc(c45)N3)c3n[te]nc3c12. The van der Waals surface area contributed by atoms with Crippen molar-refractivity contribution >= 4 is 144 Å². The minimum atomic E-state index is -1.22. The standard InChI is InChI=1S/C30H16B2F2N8Te2/c33-25-21-22(27-29(41-43-39-27)23(25)31-35-15-9-1-5-13-6-2-10-16(36-31)19(13)15)26(34)24(30-28(21)40-44-42-30)32-37-17-11-3-7-14-8-4-12-18(38-32)20(14)17/h1-12,35-38H. The van der Waals surface area contributed by atoms with Gasteiger partial charge in [-0.2, -0.15) is 0 Å². The van der Waals surface area contributed by atoms with Gasteiger partial charge in [-0.15, -0.1) is 0 Å². The van der Waals surface area contributed by atoms with Crippen LogP contribution in [0.15, 0.2) is 72.8 Å². The van der Waals surface area contributed by atoms with Crippen molar-refractivity contribution in [1.29, 1.82) is 0 Å². The third-order valence-electron chi connectivity index (χ3n) is 8.71. The average molecular weight is 803 g/mol. The number of nitrogens with one attached hydrogen (secondary N) is 4. The Balaban J connectivity index is 1.20. The van der Waals surface area contributed by atoms with E-state index in [2.05, 4.69) is 20.9 Å². The van der Waals surface area contributed by atoms with Crippen LogP contribution in [0, 0.1) is 11.6 Å². The van der Waals surface area contributed by atoms with Crippen LogP contribution >= 0.6 is 0 Å². The van der Waals surface area contributed by atoms with Gasteiger partial charge in [0.15, 0.2) is 0 Å². The van der Waals surface area contributed by atoms with Crippen LogP contribution in [0.1, 0.15) is 0 Å². The van der Waals surface area contributed by atoms with E-state index in [1.165, 1.54) is 0 Å². The second kappa shape index (κ2) is 9.29. The Bertz CT molecular complexity index is 2280. The number of anilines is 4. The Morgan fingerprint density at radius 3 is 1.16 bits per heavy atom. The van der Waals surface area contributed by atoms with E-state index >= 15 is 8.78 Å². The van der Waals surface area contributed by atoms with Crippen LogP contribution in [0.25, 0.3) is 54.4 Å². The van der Waals surface area contributed by atoms with E-state index in [0.29, 0.717) is 33.0 Å². The predicted molar refractivity (Wildman–Crippen MR) is 177 cm³/mol. The molecular weight excluding hydrogens is 787 g/mol. The van der Waals surface area contributed by atoms with Gasteiger partial charge < -0.3 is 0 Å². The molecule has 2 aliphatic rings. The topological polar surface area (TPSA) is 99.7 Å². The zero-order chi connectivity index (χ0) is 29.1. The minimum absolute atomic E-state index is 0.133. The van der Waals surface area contributed by atoms with Crippen molar-refractivity contribution in [2.75, 3.05) is 20.9 Å². The van der Waals surface area contributed by atoms with Crippen LogP contribution in [0.5, 0.6) is 0 Å². The predicted octanol–water partition coefficient (Wildman–Crippen LogP) is 3.89. The summed E-state index contributed by atoms with van der Waals surface area (Å²) < 4.78 is 53.1. The van der Waals surface area contributed by atoms with Gasteiger partial charge in [-0.1, -0.05) is 0 Å². The fourth-order valence-corrected chi connectivity index (χ4v) is 10.1. The molecule has 2 aromatic heterocycles. The van der Waals surface area contributed by atoms with Gasteiger partial charge in [-0.25, -0.2) is 0 Å². The molecule has 0 atom stereocenters. The molecule has 0 amide bonds. The van der Waals surface area contributed by atoms with Gasteiger partial charge in [0.1, 0.15) is 0 Å². The van der Waals surface area contributed by atoms with E-state index in [-0.39, 0.29) is 10.8 Å². The van der Waals surface area contributed by atoms with Gasteiger partial charge >= 0.3 is 271 Å². The second-order valence-electron chi connectivity index (χ2n) is 11.0. The van der Waals surface area contributed by atoms with Crippen LogP contribution in [0.2, 0.25) is 0 Å². The number of nitrogens with zero attached hydrogens (tertiary/aromatic N) is 4. The number of hydrogen-bond donors (Lipinski definition) is 4. The third-order valence-corrected chi connectivity index (χ3v) is 11.7. The molecule has 10 rings (SSSR count). The molecule has 0 unspecified atom stereocenters. The number of rotatable bonds is 2. The Kier molecular flexibility index (Phi) is 5.36. The molecule has 0 bridgehead atoms. The molecule has 4 heterocycles. The Morgan fingerprint density at radius 2 is 0.795 bits per heavy atom. The van der Waals surface area contributed by atoms with E-state index in [1.54, 1.807) is 0 Å². The molecule has 6 aromatic carbocycles. The van der Waals surface area contributed by atoms with Crippen molar-refractivity contribution in [3.05, 3.63) is 84.4 Å². The molecule has 0 aliphatic carbocycles. The van der Waals surface area contributed by atoms with Gasteiger partial charge in [0.25, 0.3) is 0 Å². The summed E-state index contributed by atoms with van der Waals surface area (Å²) in [5, 5.41) is 18.4. The van der Waals surface area contributed by atoms with Gasteiger partial charge in [0.2, 0.25) is 0 Å². The van der Waals surface area contributed by atoms with Crippen LogP contribution < -0.4 is 31.8 Å². The van der Waals surface area contributed by atoms with E-state index < -0.39 is 67.6 Å². The molecule has 8 nitrogen and oxygen atoms in total. The van der Waals surface area contributed by atoms with Crippen molar-refractivity contribution in [1.82, 2.24) is 12.8 Å². The fraction of sp³-hybridized carbons (Fsp3) is 0. The molecule has 2 aliphatic heterocycles. The molecule has 208 valence electrons. The van der Waals surface area contributed by atoms with E-state index in [4.69, 9.17) is 12.8 Å².